The largest absolute Gasteiger partial charge is 0.348 e. The first kappa shape index (κ1) is 17.7. The van der Waals surface area contributed by atoms with Crippen LogP contribution in [-0.2, 0) is 16.0 Å². The lowest BCUT2D eigenvalue weighted by atomic mass is 10.1. The number of amides is 2. The van der Waals surface area contributed by atoms with Gasteiger partial charge in [0.25, 0.3) is 0 Å². The van der Waals surface area contributed by atoms with Crippen LogP contribution in [-0.4, -0.2) is 18.4 Å². The number of carbonyl (C=O) groups is 2. The molecular formula is C20H24N2O2. The van der Waals surface area contributed by atoms with Crippen LogP contribution in [0.5, 0.6) is 0 Å². The third kappa shape index (κ3) is 5.88. The molecule has 0 radical (unpaired) electrons. The van der Waals surface area contributed by atoms with Gasteiger partial charge in [-0.3, -0.25) is 9.59 Å². The minimum absolute atomic E-state index is 0.192. The van der Waals surface area contributed by atoms with E-state index in [1.54, 1.807) is 0 Å². The molecule has 2 N–H and O–H groups in total. The molecule has 2 rings (SSSR count). The zero-order chi connectivity index (χ0) is 17.2. The molecule has 0 saturated heterocycles. The Balaban J connectivity index is 1.64. The molecule has 4 heteroatoms. The standard InChI is InChI=1S/C20H24N2O2/c1-16(18-13-6-3-7-14-18)22-20(24)19(23)21-15-9-8-12-17-10-4-2-5-11-17/h2-7,10-11,13-14,16H,8-9,12,15H2,1H3,(H,21,23)(H,22,24). The van der Waals surface area contributed by atoms with Crippen LogP contribution in [0, 0.1) is 0 Å². The van der Waals surface area contributed by atoms with Gasteiger partial charge in [0.15, 0.2) is 0 Å². The van der Waals surface area contributed by atoms with Gasteiger partial charge in [0, 0.05) is 6.54 Å². The smallest absolute Gasteiger partial charge is 0.309 e. The minimum atomic E-state index is -0.589. The summed E-state index contributed by atoms with van der Waals surface area (Å²) in [5, 5.41) is 5.39. The number of aryl methyl sites for hydroxylation is 1. The summed E-state index contributed by atoms with van der Waals surface area (Å²) in [6, 6.07) is 19.6. The van der Waals surface area contributed by atoms with Crippen molar-refractivity contribution in [3.8, 4) is 0 Å². The van der Waals surface area contributed by atoms with Crippen LogP contribution in [0.25, 0.3) is 0 Å². The van der Waals surface area contributed by atoms with Crippen molar-refractivity contribution >= 4 is 11.8 Å². The Morgan fingerprint density at radius 1 is 0.875 bits per heavy atom. The van der Waals surface area contributed by atoms with Gasteiger partial charge in [-0.1, -0.05) is 60.7 Å². The Morgan fingerprint density at radius 3 is 2.17 bits per heavy atom. The molecule has 0 spiro atoms. The molecule has 0 heterocycles. The van der Waals surface area contributed by atoms with Crippen molar-refractivity contribution in [2.24, 2.45) is 0 Å². The van der Waals surface area contributed by atoms with E-state index in [2.05, 4.69) is 22.8 Å². The van der Waals surface area contributed by atoms with Crippen molar-refractivity contribution in [3.05, 3.63) is 71.8 Å². The van der Waals surface area contributed by atoms with Gasteiger partial charge in [0.05, 0.1) is 6.04 Å². The van der Waals surface area contributed by atoms with E-state index >= 15 is 0 Å². The predicted molar refractivity (Wildman–Crippen MR) is 95.4 cm³/mol. The summed E-state index contributed by atoms with van der Waals surface area (Å²) in [6.07, 6.45) is 2.81. The van der Waals surface area contributed by atoms with E-state index in [4.69, 9.17) is 0 Å². The van der Waals surface area contributed by atoms with E-state index in [0.29, 0.717) is 6.54 Å². The fourth-order valence-corrected chi connectivity index (χ4v) is 2.47. The monoisotopic (exact) mass is 324 g/mol. The van der Waals surface area contributed by atoms with Gasteiger partial charge in [-0.2, -0.15) is 0 Å². The summed E-state index contributed by atoms with van der Waals surface area (Å²) in [4.78, 5) is 23.7. The van der Waals surface area contributed by atoms with Crippen LogP contribution in [0.4, 0.5) is 0 Å². The molecule has 0 bridgehead atoms. The fourth-order valence-electron chi connectivity index (χ4n) is 2.47. The topological polar surface area (TPSA) is 58.2 Å². The molecule has 0 aliphatic carbocycles. The van der Waals surface area contributed by atoms with Gasteiger partial charge >= 0.3 is 11.8 Å². The molecule has 1 atom stereocenters. The van der Waals surface area contributed by atoms with Gasteiger partial charge in [0.2, 0.25) is 0 Å². The molecule has 2 aromatic rings. The maximum Gasteiger partial charge on any atom is 0.309 e. The van der Waals surface area contributed by atoms with Crippen molar-refractivity contribution in [1.29, 1.82) is 0 Å². The summed E-state index contributed by atoms with van der Waals surface area (Å²) >= 11 is 0. The third-order valence-electron chi connectivity index (χ3n) is 3.87. The lowest BCUT2D eigenvalue weighted by Gasteiger charge is -2.14. The van der Waals surface area contributed by atoms with Crippen LogP contribution < -0.4 is 10.6 Å². The molecule has 0 saturated carbocycles. The molecular weight excluding hydrogens is 300 g/mol. The zero-order valence-corrected chi connectivity index (χ0v) is 14.0. The predicted octanol–water partition coefficient (Wildman–Crippen LogP) is 3.00. The first-order chi connectivity index (χ1) is 11.7. The molecule has 0 aliphatic heterocycles. The summed E-state index contributed by atoms with van der Waals surface area (Å²) in [6.45, 7) is 2.37. The van der Waals surface area contributed by atoms with E-state index in [-0.39, 0.29) is 6.04 Å². The van der Waals surface area contributed by atoms with E-state index in [1.165, 1.54) is 5.56 Å². The second kappa shape index (κ2) is 9.50. The molecule has 0 aliphatic rings. The van der Waals surface area contributed by atoms with Crippen molar-refractivity contribution in [2.75, 3.05) is 6.54 Å². The van der Waals surface area contributed by atoms with Gasteiger partial charge in [-0.15, -0.1) is 0 Å². The van der Waals surface area contributed by atoms with E-state index in [1.807, 2.05) is 55.5 Å². The van der Waals surface area contributed by atoms with Gasteiger partial charge in [-0.25, -0.2) is 0 Å². The average molecular weight is 324 g/mol. The summed E-state index contributed by atoms with van der Waals surface area (Å²) in [5.41, 5.74) is 2.26. The lowest BCUT2D eigenvalue weighted by molar-refractivity contribution is -0.139. The second-order valence-electron chi connectivity index (χ2n) is 5.80. The lowest BCUT2D eigenvalue weighted by Crippen LogP contribution is -2.41. The van der Waals surface area contributed by atoms with Crippen LogP contribution in [0.2, 0.25) is 0 Å². The Morgan fingerprint density at radius 2 is 1.50 bits per heavy atom. The highest BCUT2D eigenvalue weighted by Gasteiger charge is 2.16. The number of carbonyl (C=O) groups excluding carboxylic acids is 2. The molecule has 1 unspecified atom stereocenters. The Bertz CT molecular complexity index is 641. The van der Waals surface area contributed by atoms with Crippen LogP contribution in [0.1, 0.15) is 36.9 Å². The first-order valence-electron chi connectivity index (χ1n) is 8.34. The highest BCUT2D eigenvalue weighted by molar-refractivity contribution is 6.35. The first-order valence-corrected chi connectivity index (χ1v) is 8.34. The highest BCUT2D eigenvalue weighted by atomic mass is 16.2. The van der Waals surface area contributed by atoms with Gasteiger partial charge in [-0.05, 0) is 37.3 Å². The third-order valence-corrected chi connectivity index (χ3v) is 3.87. The summed E-state index contributed by atoms with van der Waals surface area (Å²) < 4.78 is 0. The molecule has 0 aromatic heterocycles. The van der Waals surface area contributed by atoms with Crippen molar-refractivity contribution < 1.29 is 9.59 Å². The van der Waals surface area contributed by atoms with Crippen LogP contribution >= 0.6 is 0 Å². The fraction of sp³-hybridized carbons (Fsp3) is 0.300. The SMILES string of the molecule is CC(NC(=O)C(=O)NCCCCc1ccccc1)c1ccccc1. The van der Waals surface area contributed by atoms with E-state index < -0.39 is 11.8 Å². The molecule has 4 nitrogen and oxygen atoms in total. The van der Waals surface area contributed by atoms with Crippen molar-refractivity contribution in [3.63, 3.8) is 0 Å². The molecule has 2 aromatic carbocycles. The number of unbranched alkanes of at least 4 members (excludes halogenated alkanes) is 1. The molecule has 24 heavy (non-hydrogen) atoms. The zero-order valence-electron chi connectivity index (χ0n) is 14.0. The Kier molecular flexibility index (Phi) is 7.02. The maximum atomic E-state index is 11.9. The van der Waals surface area contributed by atoms with Crippen molar-refractivity contribution in [2.45, 2.75) is 32.2 Å². The molecule has 126 valence electrons. The molecule has 2 amide bonds. The number of nitrogens with one attached hydrogen (secondary N) is 2. The Hall–Kier alpha value is -2.62. The second-order valence-corrected chi connectivity index (χ2v) is 5.80. The number of hydrogen-bond donors (Lipinski definition) is 2. The van der Waals surface area contributed by atoms with Crippen LogP contribution in [0.15, 0.2) is 60.7 Å². The summed E-state index contributed by atoms with van der Waals surface area (Å²) in [5.74, 6) is -1.16. The number of rotatable bonds is 7. The molecule has 0 fully saturated rings. The van der Waals surface area contributed by atoms with Crippen molar-refractivity contribution in [1.82, 2.24) is 10.6 Å². The quantitative estimate of drug-likeness (QED) is 0.607. The average Bonchev–Trinajstić information content (AvgIpc) is 2.62. The van der Waals surface area contributed by atoms with Crippen LogP contribution in [0.3, 0.4) is 0 Å². The normalized spacial score (nSPS) is 11.5. The van der Waals surface area contributed by atoms with Gasteiger partial charge in [0.1, 0.15) is 0 Å². The van der Waals surface area contributed by atoms with E-state index in [9.17, 15) is 9.59 Å². The highest BCUT2D eigenvalue weighted by Crippen LogP contribution is 2.10. The maximum absolute atomic E-state index is 11.9. The van der Waals surface area contributed by atoms with E-state index in [0.717, 1.165) is 24.8 Å². The van der Waals surface area contributed by atoms with Gasteiger partial charge < -0.3 is 10.6 Å². The minimum Gasteiger partial charge on any atom is -0.348 e. The Labute approximate surface area is 143 Å². The number of hydrogen-bond acceptors (Lipinski definition) is 2. The summed E-state index contributed by atoms with van der Waals surface area (Å²) in [7, 11) is 0. The number of benzene rings is 2.